The first-order chi connectivity index (χ1) is 8.30. The predicted octanol–water partition coefficient (Wildman–Crippen LogP) is 2.87. The number of hydrogen-bond acceptors (Lipinski definition) is 3. The molecule has 0 spiro atoms. The monoisotopic (exact) mass is 399 g/mol. The Hall–Kier alpha value is 0.0500. The minimum Gasteiger partial charge on any atom is -0.383 e. The standard InChI is InChI=1S/C11H15Br2NO3S/c1-8(7-17-3)14(2)18(15,16)11-5-4-9(12)6-10(11)13/h4-6,8H,7H2,1-3H3. The number of benzene rings is 1. The zero-order valence-electron chi connectivity index (χ0n) is 10.4. The van der Waals surface area contributed by atoms with Gasteiger partial charge in [-0.2, -0.15) is 4.31 Å². The van der Waals surface area contributed by atoms with Crippen LogP contribution >= 0.6 is 31.9 Å². The van der Waals surface area contributed by atoms with Crippen molar-refractivity contribution in [2.24, 2.45) is 0 Å². The van der Waals surface area contributed by atoms with E-state index in [0.717, 1.165) is 4.47 Å². The van der Waals surface area contributed by atoms with Gasteiger partial charge in [-0.15, -0.1) is 0 Å². The molecule has 18 heavy (non-hydrogen) atoms. The summed E-state index contributed by atoms with van der Waals surface area (Å²) in [4.78, 5) is 0.246. The van der Waals surface area contributed by atoms with Gasteiger partial charge in [-0.1, -0.05) is 15.9 Å². The topological polar surface area (TPSA) is 46.6 Å². The summed E-state index contributed by atoms with van der Waals surface area (Å²) in [6.45, 7) is 2.15. The van der Waals surface area contributed by atoms with Crippen molar-refractivity contribution in [3.8, 4) is 0 Å². The largest absolute Gasteiger partial charge is 0.383 e. The molecule has 7 heteroatoms. The molecule has 1 rings (SSSR count). The Kier molecular flexibility index (Phi) is 5.79. The molecule has 102 valence electrons. The molecule has 0 aliphatic rings. The molecule has 0 saturated carbocycles. The van der Waals surface area contributed by atoms with E-state index in [2.05, 4.69) is 31.9 Å². The van der Waals surface area contributed by atoms with Gasteiger partial charge < -0.3 is 4.74 Å². The van der Waals surface area contributed by atoms with E-state index in [-0.39, 0.29) is 10.9 Å². The maximum atomic E-state index is 12.4. The third kappa shape index (κ3) is 3.54. The minimum absolute atomic E-state index is 0.226. The second-order valence-electron chi connectivity index (χ2n) is 3.90. The molecule has 1 aromatic carbocycles. The normalized spacial score (nSPS) is 13.9. The van der Waals surface area contributed by atoms with E-state index < -0.39 is 10.0 Å². The summed E-state index contributed by atoms with van der Waals surface area (Å²) < 4.78 is 32.5. The van der Waals surface area contributed by atoms with E-state index in [0.29, 0.717) is 11.1 Å². The van der Waals surface area contributed by atoms with Gasteiger partial charge in [0.15, 0.2) is 0 Å². The van der Waals surface area contributed by atoms with Gasteiger partial charge in [-0.25, -0.2) is 8.42 Å². The first-order valence-corrected chi connectivity index (χ1v) is 8.25. The molecular weight excluding hydrogens is 386 g/mol. The third-order valence-corrected chi connectivity index (χ3v) is 6.02. The summed E-state index contributed by atoms with van der Waals surface area (Å²) in [5.41, 5.74) is 0. The fourth-order valence-corrected chi connectivity index (χ4v) is 4.47. The maximum Gasteiger partial charge on any atom is 0.244 e. The van der Waals surface area contributed by atoms with E-state index in [9.17, 15) is 8.42 Å². The second kappa shape index (κ2) is 6.47. The van der Waals surface area contributed by atoms with Gasteiger partial charge in [-0.3, -0.25) is 0 Å². The van der Waals surface area contributed by atoms with Gasteiger partial charge in [0.2, 0.25) is 10.0 Å². The van der Waals surface area contributed by atoms with Crippen LogP contribution < -0.4 is 0 Å². The van der Waals surface area contributed by atoms with Gasteiger partial charge in [0.25, 0.3) is 0 Å². The van der Waals surface area contributed by atoms with Gasteiger partial charge in [0.1, 0.15) is 0 Å². The number of likely N-dealkylation sites (N-methyl/N-ethyl adjacent to an activating group) is 1. The Balaban J connectivity index is 3.13. The van der Waals surface area contributed by atoms with Crippen LogP contribution in [0.4, 0.5) is 0 Å². The van der Waals surface area contributed by atoms with Crippen LogP contribution in [0.3, 0.4) is 0 Å². The zero-order valence-corrected chi connectivity index (χ0v) is 14.3. The molecule has 0 aliphatic heterocycles. The van der Waals surface area contributed by atoms with Crippen molar-refractivity contribution in [1.29, 1.82) is 0 Å². The van der Waals surface area contributed by atoms with E-state index >= 15 is 0 Å². The summed E-state index contributed by atoms with van der Waals surface area (Å²) in [5, 5.41) is 0. The SMILES string of the molecule is COCC(C)N(C)S(=O)(=O)c1ccc(Br)cc1Br. The molecule has 0 N–H and O–H groups in total. The first-order valence-electron chi connectivity index (χ1n) is 5.22. The average Bonchev–Trinajstić information content (AvgIpc) is 2.27. The average molecular weight is 401 g/mol. The molecule has 1 atom stereocenters. The minimum atomic E-state index is -3.52. The Bertz CT molecular complexity index is 519. The highest BCUT2D eigenvalue weighted by Crippen LogP contribution is 2.28. The van der Waals surface area contributed by atoms with Crippen LogP contribution in [-0.2, 0) is 14.8 Å². The highest BCUT2D eigenvalue weighted by atomic mass is 79.9. The number of methoxy groups -OCH3 is 1. The summed E-state index contributed by atoms with van der Waals surface area (Å²) in [6.07, 6.45) is 0. The van der Waals surface area contributed by atoms with Crippen molar-refractivity contribution in [3.63, 3.8) is 0 Å². The van der Waals surface area contributed by atoms with Gasteiger partial charge in [-0.05, 0) is 41.1 Å². The molecule has 0 saturated heterocycles. The first kappa shape index (κ1) is 16.1. The fourth-order valence-electron chi connectivity index (χ4n) is 1.42. The van der Waals surface area contributed by atoms with Crippen molar-refractivity contribution >= 4 is 41.9 Å². The summed E-state index contributed by atoms with van der Waals surface area (Å²) in [7, 11) is -0.425. The van der Waals surface area contributed by atoms with Crippen LogP contribution in [0.5, 0.6) is 0 Å². The third-order valence-electron chi connectivity index (χ3n) is 2.58. The predicted molar refractivity (Wildman–Crippen MR) is 78.1 cm³/mol. The molecule has 0 aliphatic carbocycles. The molecule has 0 amide bonds. The van der Waals surface area contributed by atoms with E-state index in [1.165, 1.54) is 4.31 Å². The molecule has 0 radical (unpaired) electrons. The molecule has 0 bridgehead atoms. The van der Waals surface area contributed by atoms with E-state index in [4.69, 9.17) is 4.74 Å². The van der Waals surface area contributed by atoms with Crippen LogP contribution in [0.25, 0.3) is 0 Å². The fraction of sp³-hybridized carbons (Fsp3) is 0.455. The quantitative estimate of drug-likeness (QED) is 0.763. The van der Waals surface area contributed by atoms with Crippen molar-refractivity contribution in [1.82, 2.24) is 4.31 Å². The highest BCUT2D eigenvalue weighted by molar-refractivity contribution is 9.11. The van der Waals surface area contributed by atoms with Crippen LogP contribution in [-0.4, -0.2) is 39.5 Å². The van der Waals surface area contributed by atoms with Crippen LogP contribution in [0.1, 0.15) is 6.92 Å². The zero-order chi connectivity index (χ0) is 13.9. The van der Waals surface area contributed by atoms with Crippen molar-refractivity contribution < 1.29 is 13.2 Å². The number of ether oxygens (including phenoxy) is 1. The lowest BCUT2D eigenvalue weighted by Gasteiger charge is -2.24. The van der Waals surface area contributed by atoms with Crippen molar-refractivity contribution in [2.75, 3.05) is 20.8 Å². The van der Waals surface area contributed by atoms with Crippen LogP contribution in [0.15, 0.2) is 32.0 Å². The number of sulfonamides is 1. The molecule has 0 fully saturated rings. The molecule has 4 nitrogen and oxygen atoms in total. The van der Waals surface area contributed by atoms with E-state index in [1.807, 2.05) is 0 Å². The Morgan fingerprint density at radius 1 is 1.39 bits per heavy atom. The highest BCUT2D eigenvalue weighted by Gasteiger charge is 2.27. The molecule has 1 unspecified atom stereocenters. The van der Waals surface area contributed by atoms with Gasteiger partial charge >= 0.3 is 0 Å². The summed E-state index contributed by atoms with van der Waals surface area (Å²) in [5.74, 6) is 0. The van der Waals surface area contributed by atoms with Gasteiger partial charge in [0, 0.05) is 29.1 Å². The van der Waals surface area contributed by atoms with Gasteiger partial charge in [0.05, 0.1) is 11.5 Å². The maximum absolute atomic E-state index is 12.4. The van der Waals surface area contributed by atoms with Crippen molar-refractivity contribution in [2.45, 2.75) is 17.9 Å². The smallest absolute Gasteiger partial charge is 0.244 e. The second-order valence-corrected chi connectivity index (χ2v) is 7.64. The molecule has 0 heterocycles. The van der Waals surface area contributed by atoms with E-state index in [1.54, 1.807) is 39.3 Å². The Morgan fingerprint density at radius 2 is 2.00 bits per heavy atom. The van der Waals surface area contributed by atoms with Crippen LogP contribution in [0.2, 0.25) is 0 Å². The Morgan fingerprint density at radius 3 is 2.50 bits per heavy atom. The molecular formula is C11H15Br2NO3S. The lowest BCUT2D eigenvalue weighted by molar-refractivity contribution is 0.149. The van der Waals surface area contributed by atoms with Crippen molar-refractivity contribution in [3.05, 3.63) is 27.1 Å². The molecule has 0 aromatic heterocycles. The number of rotatable bonds is 5. The lowest BCUT2D eigenvalue weighted by atomic mass is 10.4. The molecule has 1 aromatic rings. The number of hydrogen-bond donors (Lipinski definition) is 0. The lowest BCUT2D eigenvalue weighted by Crippen LogP contribution is -2.37. The Labute approximate surface area is 125 Å². The number of nitrogens with zero attached hydrogens (tertiary/aromatic N) is 1. The van der Waals surface area contributed by atoms with Crippen LogP contribution in [0, 0.1) is 0 Å². The summed E-state index contributed by atoms with van der Waals surface area (Å²) >= 11 is 6.57. The number of halogens is 2. The summed E-state index contributed by atoms with van der Waals surface area (Å²) in [6, 6.07) is 4.75.